The molecule has 3 heterocycles. The van der Waals surface area contributed by atoms with Crippen molar-refractivity contribution in [3.8, 4) is 39.8 Å². The number of fused-ring (bicyclic) bond motifs is 3. The number of para-hydroxylation sites is 1. The first-order valence-corrected chi connectivity index (χ1v) is 27.5. The van der Waals surface area contributed by atoms with E-state index in [2.05, 4.69) is 315 Å². The first-order valence-electron chi connectivity index (χ1n) is 27.5. The summed E-state index contributed by atoms with van der Waals surface area (Å²) in [5.41, 5.74) is 14.4. The van der Waals surface area contributed by atoms with Gasteiger partial charge in [0.2, 0.25) is 0 Å². The molecule has 0 unspecified atom stereocenters. The third kappa shape index (κ3) is 9.44. The highest BCUT2D eigenvalue weighted by atomic mass is 16.5. The zero-order valence-electron chi connectivity index (χ0n) is 47.5. The predicted octanol–water partition coefficient (Wildman–Crippen LogP) is 18.1. The zero-order valence-corrected chi connectivity index (χ0v) is 47.5. The van der Waals surface area contributed by atoms with Crippen LogP contribution in [0.3, 0.4) is 0 Å². The lowest BCUT2D eigenvalue weighted by atomic mass is 9.73. The molecule has 0 aliphatic carbocycles. The lowest BCUT2D eigenvalue weighted by Gasteiger charge is -2.35. The molecule has 0 N–H and O–H groups in total. The fourth-order valence-corrected chi connectivity index (χ4v) is 11.6. The summed E-state index contributed by atoms with van der Waals surface area (Å²) in [6.45, 7) is 27.8. The van der Waals surface area contributed by atoms with E-state index < -0.39 is 16.2 Å². The van der Waals surface area contributed by atoms with Gasteiger partial charge in [0.05, 0.1) is 33.8 Å². The Morgan fingerprint density at radius 3 is 1.64 bits per heavy atom. The molecule has 3 aromatic heterocycles. The Morgan fingerprint density at radius 1 is 0.436 bits per heavy atom. The highest BCUT2D eigenvalue weighted by Gasteiger charge is 2.40. The molecule has 0 aliphatic heterocycles. The van der Waals surface area contributed by atoms with E-state index in [1.807, 2.05) is 6.20 Å². The van der Waals surface area contributed by atoms with Gasteiger partial charge >= 0.3 is 0 Å². The van der Waals surface area contributed by atoms with Gasteiger partial charge in [-0.1, -0.05) is 235 Å². The highest BCUT2D eigenvalue weighted by Crippen LogP contribution is 2.46. The van der Waals surface area contributed by atoms with E-state index in [9.17, 15) is 0 Å². The van der Waals surface area contributed by atoms with Gasteiger partial charge in [-0.2, -0.15) is 0 Å². The van der Waals surface area contributed by atoms with Gasteiger partial charge in [-0.15, -0.1) is 0 Å². The summed E-state index contributed by atoms with van der Waals surface area (Å²) in [6.07, 6.45) is 6.02. The quantitative estimate of drug-likeness (QED) is 0.0903. The number of benzene rings is 8. The second-order valence-corrected chi connectivity index (χ2v) is 24.8. The molecule has 0 spiro atoms. The van der Waals surface area contributed by atoms with Crippen LogP contribution in [0.5, 0.6) is 11.5 Å². The summed E-state index contributed by atoms with van der Waals surface area (Å²) >= 11 is 0. The monoisotopic (exact) mass is 1020 g/mol. The first kappa shape index (κ1) is 51.8. The molecule has 0 bridgehead atoms. The maximum absolute atomic E-state index is 7.30. The number of ether oxygens (including phenoxy) is 1. The van der Waals surface area contributed by atoms with E-state index in [1.54, 1.807) is 0 Å². The van der Waals surface area contributed by atoms with E-state index >= 15 is 0 Å². The fourth-order valence-electron chi connectivity index (χ4n) is 11.6. The molecule has 0 fully saturated rings. The van der Waals surface area contributed by atoms with Crippen LogP contribution in [0.15, 0.2) is 219 Å². The largest absolute Gasteiger partial charge is 0.458 e. The van der Waals surface area contributed by atoms with Crippen LogP contribution in [0.2, 0.25) is 0 Å². The van der Waals surface area contributed by atoms with Crippen molar-refractivity contribution in [2.24, 2.45) is 0 Å². The molecule has 5 nitrogen and oxygen atoms in total. The normalized spacial score (nSPS) is 12.6. The Morgan fingerprint density at radius 2 is 1.01 bits per heavy atom. The minimum Gasteiger partial charge on any atom is -0.458 e. The minimum atomic E-state index is -0.514. The van der Waals surface area contributed by atoms with Gasteiger partial charge in [-0.3, -0.25) is 13.7 Å². The molecule has 0 amide bonds. The second kappa shape index (κ2) is 19.6. The summed E-state index contributed by atoms with van der Waals surface area (Å²) in [6, 6.07) is 76.7. The molecule has 78 heavy (non-hydrogen) atoms. The summed E-state index contributed by atoms with van der Waals surface area (Å²) in [5, 5.41) is 2.36. The topological polar surface area (TPSA) is 35.9 Å². The molecular formula is C73H72N4O. The average Bonchev–Trinajstić information content (AvgIpc) is 4.17. The maximum atomic E-state index is 7.30. The molecule has 11 aromatic rings. The number of aromatic nitrogens is 4. The smallest absolute Gasteiger partial charge is 0.269 e. The fraction of sp³-hybridized carbons (Fsp3) is 0.233. The van der Waals surface area contributed by atoms with Gasteiger partial charge < -0.3 is 4.74 Å². The SMILES string of the molecule is CC(C)(C)c1cc(-c2ccccc2)cc(-[n+]2[c-]n(-c3cccc(Oc4cc(C(C)(C)c5ccccc5)c5c6ccccc6n(-c6cc(C(C)(C)C)ccn6)c5c4)c3)c(C(C)(C)c3ccccc3)c2C(C)(C)c2ccccc2)c1. The van der Waals surface area contributed by atoms with Gasteiger partial charge in [0.15, 0.2) is 0 Å². The molecule has 0 saturated heterocycles. The molecule has 0 aliphatic rings. The number of pyridine rings is 1. The lowest BCUT2D eigenvalue weighted by Crippen LogP contribution is -2.43. The van der Waals surface area contributed by atoms with Crippen molar-refractivity contribution in [2.45, 2.75) is 110 Å². The Kier molecular flexibility index (Phi) is 13.0. The number of imidazole rings is 1. The summed E-state index contributed by atoms with van der Waals surface area (Å²) < 4.78 is 14.3. The minimum absolute atomic E-state index is 0.0670. The number of hydrogen-bond donors (Lipinski definition) is 0. The Hall–Kier alpha value is -8.28. The van der Waals surface area contributed by atoms with Crippen LogP contribution in [0.4, 0.5) is 0 Å². The summed E-state index contributed by atoms with van der Waals surface area (Å²) in [7, 11) is 0. The van der Waals surface area contributed by atoms with Gasteiger partial charge in [-0.25, -0.2) is 4.98 Å². The van der Waals surface area contributed by atoms with Crippen molar-refractivity contribution < 1.29 is 9.30 Å². The van der Waals surface area contributed by atoms with Crippen molar-refractivity contribution in [1.29, 1.82) is 0 Å². The maximum Gasteiger partial charge on any atom is 0.269 e. The van der Waals surface area contributed by atoms with E-state index in [1.165, 1.54) is 49.7 Å². The molecule has 0 radical (unpaired) electrons. The average molecular weight is 1020 g/mol. The summed E-state index contributed by atoms with van der Waals surface area (Å²) in [4.78, 5) is 5.07. The Balaban J connectivity index is 1.16. The zero-order chi connectivity index (χ0) is 54.8. The van der Waals surface area contributed by atoms with Crippen LogP contribution in [0, 0.1) is 6.33 Å². The number of nitrogens with zero attached hydrogens (tertiary/aromatic N) is 4. The second-order valence-electron chi connectivity index (χ2n) is 24.8. The van der Waals surface area contributed by atoms with E-state index in [0.29, 0.717) is 5.75 Å². The molecular weight excluding hydrogens is 949 g/mol. The molecule has 0 atom stereocenters. The third-order valence-electron chi connectivity index (χ3n) is 16.3. The Bertz CT molecular complexity index is 3960. The van der Waals surface area contributed by atoms with E-state index in [0.717, 1.165) is 50.9 Å². The van der Waals surface area contributed by atoms with Gasteiger partial charge in [0.1, 0.15) is 17.3 Å². The van der Waals surface area contributed by atoms with Crippen LogP contribution >= 0.6 is 0 Å². The molecule has 5 heteroatoms. The number of hydrogen-bond acceptors (Lipinski definition) is 2. The standard InChI is InChI=1S/C73H72N4O/c1-69(2,3)55-40-41-74-65(45-55)77-63-39-26-25-38-61(63)66-62(71(7,8)52-30-19-14-20-31-52)47-60(48-64(66)77)78-59-37-27-36-57(46-59)75-49-76(58-43-51(50-28-17-13-18-29-50)42-56(44-58)70(4,5)6)68(73(11,12)54-34-23-16-24-35-54)67(75)72(9,10)53-32-21-15-22-33-53/h13-48H,1-12H3. The van der Waals surface area contributed by atoms with Crippen LogP contribution in [-0.2, 0) is 27.1 Å². The van der Waals surface area contributed by atoms with E-state index in [4.69, 9.17) is 9.72 Å². The van der Waals surface area contributed by atoms with Crippen molar-refractivity contribution in [1.82, 2.24) is 14.1 Å². The molecule has 0 saturated carbocycles. The van der Waals surface area contributed by atoms with Gasteiger partial charge in [0, 0.05) is 39.3 Å². The Labute approximate surface area is 462 Å². The number of rotatable bonds is 12. The summed E-state index contributed by atoms with van der Waals surface area (Å²) in [5.74, 6) is 2.33. The van der Waals surface area contributed by atoms with Crippen LogP contribution in [-0.4, -0.2) is 14.1 Å². The first-order chi connectivity index (χ1) is 37.2. The van der Waals surface area contributed by atoms with Gasteiger partial charge in [-0.05, 0) is 110 Å². The molecule has 390 valence electrons. The molecule has 11 rings (SSSR count). The highest BCUT2D eigenvalue weighted by molar-refractivity contribution is 6.11. The van der Waals surface area contributed by atoms with Crippen LogP contribution in [0.25, 0.3) is 50.1 Å². The lowest BCUT2D eigenvalue weighted by molar-refractivity contribution is -0.611. The predicted molar refractivity (Wildman–Crippen MR) is 323 cm³/mol. The van der Waals surface area contributed by atoms with Crippen molar-refractivity contribution in [3.63, 3.8) is 0 Å². The van der Waals surface area contributed by atoms with Crippen molar-refractivity contribution in [3.05, 3.63) is 270 Å². The van der Waals surface area contributed by atoms with Crippen LogP contribution in [0.1, 0.15) is 128 Å². The van der Waals surface area contributed by atoms with Crippen molar-refractivity contribution in [2.75, 3.05) is 0 Å². The van der Waals surface area contributed by atoms with Crippen LogP contribution < -0.4 is 9.30 Å². The molecule has 8 aromatic carbocycles. The van der Waals surface area contributed by atoms with Gasteiger partial charge in [0.25, 0.3) is 6.33 Å². The van der Waals surface area contributed by atoms with Crippen molar-refractivity contribution >= 4 is 21.8 Å². The van der Waals surface area contributed by atoms with E-state index in [-0.39, 0.29) is 10.8 Å². The third-order valence-corrected chi connectivity index (χ3v) is 16.3.